The fourth-order valence-electron chi connectivity index (χ4n) is 1.63. The van der Waals surface area contributed by atoms with Crippen molar-refractivity contribution in [2.24, 2.45) is 0 Å². The normalized spacial score (nSPS) is 12.5. The van der Waals surface area contributed by atoms with E-state index in [1.807, 2.05) is 0 Å². The summed E-state index contributed by atoms with van der Waals surface area (Å²) in [6, 6.07) is 2.93. The molecule has 2 aromatic rings. The van der Waals surface area contributed by atoms with Gasteiger partial charge in [0.1, 0.15) is 0 Å². The summed E-state index contributed by atoms with van der Waals surface area (Å²) in [4.78, 5) is 36.1. The molecular weight excluding hydrogens is 240 g/mol. The van der Waals surface area contributed by atoms with E-state index in [1.54, 1.807) is 0 Å². The Labute approximate surface area is 100 Å². The van der Waals surface area contributed by atoms with Gasteiger partial charge < -0.3 is 14.8 Å². The quantitative estimate of drug-likeness (QED) is 0.519. The van der Waals surface area contributed by atoms with Gasteiger partial charge in [0.05, 0.1) is 5.52 Å². The third-order valence-electron chi connectivity index (χ3n) is 2.50. The van der Waals surface area contributed by atoms with Crippen molar-refractivity contribution in [3.8, 4) is 0 Å². The third-order valence-corrected chi connectivity index (χ3v) is 2.50. The van der Waals surface area contributed by atoms with Crippen LogP contribution in [-0.4, -0.2) is 34.9 Å². The minimum atomic E-state index is -1.33. The van der Waals surface area contributed by atoms with Crippen LogP contribution in [0.2, 0.25) is 0 Å². The van der Waals surface area contributed by atoms with Crippen LogP contribution in [0.4, 0.5) is 0 Å². The summed E-state index contributed by atoms with van der Waals surface area (Å²) in [6.07, 6.45) is 0. The van der Waals surface area contributed by atoms with Crippen molar-refractivity contribution >= 4 is 22.9 Å². The number of carbonyl (C=O) groups excluding carboxylic acids is 1. The van der Waals surface area contributed by atoms with Crippen molar-refractivity contribution in [3.63, 3.8) is 0 Å². The highest BCUT2D eigenvalue weighted by Crippen LogP contribution is 2.14. The second kappa shape index (κ2) is 4.46. The van der Waals surface area contributed by atoms with Crippen LogP contribution in [0.15, 0.2) is 27.4 Å². The molecule has 1 heterocycles. The maximum Gasteiger partial charge on any atom is 0.417 e. The molecule has 0 fully saturated rings. The molecular formula is C11H10N2O5. The minimum Gasteiger partial charge on any atom is -0.480 e. The van der Waals surface area contributed by atoms with Gasteiger partial charge in [-0.3, -0.25) is 14.6 Å². The summed E-state index contributed by atoms with van der Waals surface area (Å²) < 4.78 is 4.80. The number of nitrogens with one attached hydrogen (secondary N) is 2. The lowest BCUT2D eigenvalue weighted by molar-refractivity contribution is -0.137. The number of aromatic amines is 1. The second-order valence-corrected chi connectivity index (χ2v) is 3.65. The van der Waals surface area contributed by atoms with Crippen molar-refractivity contribution in [1.82, 2.24) is 10.3 Å². The number of hydrogen-bond donors (Lipinski definition) is 3. The lowest BCUT2D eigenvalue weighted by Gasteiger charge is -2.09. The van der Waals surface area contributed by atoms with Gasteiger partial charge in [-0.2, -0.15) is 0 Å². The molecule has 7 heteroatoms. The zero-order valence-electron chi connectivity index (χ0n) is 9.39. The number of ketones is 1. The fraction of sp³-hybridized carbons (Fsp3) is 0.182. The summed E-state index contributed by atoms with van der Waals surface area (Å²) in [5.41, 5.74) is 0.825. The molecule has 0 aliphatic heterocycles. The van der Waals surface area contributed by atoms with Gasteiger partial charge >= 0.3 is 11.7 Å². The molecule has 0 saturated carbocycles. The molecule has 0 aliphatic carbocycles. The second-order valence-electron chi connectivity index (χ2n) is 3.65. The molecule has 0 amide bonds. The Balaban J connectivity index is 2.44. The first-order chi connectivity index (χ1) is 8.52. The standard InChI is InChI=1S/C11H10N2O5/c1-12-8(10(15)16)9(14)5-2-3-6-7(4-5)18-11(17)13-6/h2-4,8,12H,1H3,(H,13,17)(H,15,16). The SMILES string of the molecule is CNC(C(=O)O)C(=O)c1ccc2[nH]c(=O)oc2c1. The number of aromatic nitrogens is 1. The average molecular weight is 250 g/mol. The molecule has 1 aromatic heterocycles. The molecule has 0 radical (unpaired) electrons. The van der Waals surface area contributed by atoms with Gasteiger partial charge in [0.15, 0.2) is 17.4 Å². The topological polar surface area (TPSA) is 112 Å². The highest BCUT2D eigenvalue weighted by molar-refractivity contribution is 6.12. The van der Waals surface area contributed by atoms with E-state index in [-0.39, 0.29) is 11.1 Å². The maximum atomic E-state index is 11.9. The first-order valence-corrected chi connectivity index (χ1v) is 5.10. The summed E-state index contributed by atoms with van der Waals surface area (Å²) in [6.45, 7) is 0. The molecule has 1 atom stereocenters. The Morgan fingerprint density at radius 3 is 2.78 bits per heavy atom. The minimum absolute atomic E-state index is 0.159. The molecule has 3 N–H and O–H groups in total. The number of aliphatic carboxylic acids is 1. The number of carboxylic acids is 1. The predicted molar refractivity (Wildman–Crippen MR) is 61.6 cm³/mol. The molecule has 1 aromatic carbocycles. The highest BCUT2D eigenvalue weighted by Gasteiger charge is 2.25. The van der Waals surface area contributed by atoms with E-state index in [1.165, 1.54) is 25.2 Å². The van der Waals surface area contributed by atoms with Gasteiger partial charge in [-0.1, -0.05) is 0 Å². The van der Waals surface area contributed by atoms with Crippen LogP contribution in [0.25, 0.3) is 11.1 Å². The van der Waals surface area contributed by atoms with Gasteiger partial charge in [0.2, 0.25) is 0 Å². The molecule has 2 rings (SSSR count). The number of hydrogen-bond acceptors (Lipinski definition) is 5. The van der Waals surface area contributed by atoms with Crippen LogP contribution in [0, 0.1) is 0 Å². The van der Waals surface area contributed by atoms with E-state index < -0.39 is 23.6 Å². The number of H-pyrrole nitrogens is 1. The number of fused-ring (bicyclic) bond motifs is 1. The maximum absolute atomic E-state index is 11.9. The van der Waals surface area contributed by atoms with Crippen LogP contribution in [0.5, 0.6) is 0 Å². The van der Waals surface area contributed by atoms with E-state index in [2.05, 4.69) is 10.3 Å². The highest BCUT2D eigenvalue weighted by atomic mass is 16.4. The van der Waals surface area contributed by atoms with Crippen molar-refractivity contribution < 1.29 is 19.1 Å². The van der Waals surface area contributed by atoms with Gasteiger partial charge in [0.25, 0.3) is 0 Å². The van der Waals surface area contributed by atoms with E-state index in [9.17, 15) is 14.4 Å². The number of likely N-dealkylation sites (N-methyl/N-ethyl adjacent to an activating group) is 1. The van der Waals surface area contributed by atoms with Crippen LogP contribution < -0.4 is 11.1 Å². The van der Waals surface area contributed by atoms with Crippen molar-refractivity contribution in [2.45, 2.75) is 6.04 Å². The summed E-state index contributed by atoms with van der Waals surface area (Å²) >= 11 is 0. The molecule has 0 saturated heterocycles. The molecule has 18 heavy (non-hydrogen) atoms. The van der Waals surface area contributed by atoms with Gasteiger partial charge in [0, 0.05) is 5.56 Å². The smallest absolute Gasteiger partial charge is 0.417 e. The van der Waals surface area contributed by atoms with Gasteiger partial charge in [-0.25, -0.2) is 4.79 Å². The largest absolute Gasteiger partial charge is 0.480 e. The number of benzene rings is 1. The average Bonchev–Trinajstić information content (AvgIpc) is 2.68. The number of carbonyl (C=O) groups is 2. The Morgan fingerprint density at radius 2 is 2.17 bits per heavy atom. The Hall–Kier alpha value is -2.41. The Kier molecular flexibility index (Phi) is 2.99. The molecule has 94 valence electrons. The monoisotopic (exact) mass is 250 g/mol. The number of carboxylic acid groups (broad SMARTS) is 1. The van der Waals surface area contributed by atoms with Crippen LogP contribution >= 0.6 is 0 Å². The van der Waals surface area contributed by atoms with Crippen molar-refractivity contribution in [2.75, 3.05) is 7.05 Å². The molecule has 1 unspecified atom stereocenters. The Bertz CT molecular complexity index is 669. The van der Waals surface area contributed by atoms with Crippen molar-refractivity contribution in [3.05, 3.63) is 34.3 Å². The molecule has 0 aliphatic rings. The van der Waals surface area contributed by atoms with Gasteiger partial charge in [-0.15, -0.1) is 0 Å². The van der Waals surface area contributed by atoms with E-state index in [0.717, 1.165) is 0 Å². The first-order valence-electron chi connectivity index (χ1n) is 5.10. The van der Waals surface area contributed by atoms with E-state index in [0.29, 0.717) is 5.52 Å². The molecule has 7 nitrogen and oxygen atoms in total. The first kappa shape index (κ1) is 12.1. The fourth-order valence-corrected chi connectivity index (χ4v) is 1.63. The summed E-state index contributed by atoms with van der Waals surface area (Å²) in [5, 5.41) is 11.3. The van der Waals surface area contributed by atoms with Crippen LogP contribution in [-0.2, 0) is 4.79 Å². The Morgan fingerprint density at radius 1 is 1.44 bits per heavy atom. The third kappa shape index (κ3) is 2.03. The number of Topliss-reactive ketones (excluding diaryl/α,β-unsaturated/α-hetero) is 1. The van der Waals surface area contributed by atoms with E-state index in [4.69, 9.17) is 9.52 Å². The molecule has 0 bridgehead atoms. The lowest BCUT2D eigenvalue weighted by atomic mass is 10.0. The van der Waals surface area contributed by atoms with Crippen LogP contribution in [0.3, 0.4) is 0 Å². The number of oxazole rings is 1. The molecule has 0 spiro atoms. The van der Waals surface area contributed by atoms with E-state index >= 15 is 0 Å². The number of rotatable bonds is 4. The van der Waals surface area contributed by atoms with Crippen LogP contribution in [0.1, 0.15) is 10.4 Å². The zero-order valence-corrected chi connectivity index (χ0v) is 9.39. The predicted octanol–water partition coefficient (Wildman–Crippen LogP) is -0.0236. The lowest BCUT2D eigenvalue weighted by Crippen LogP contribution is -2.41. The summed E-state index contributed by atoms with van der Waals surface area (Å²) in [7, 11) is 1.38. The summed E-state index contributed by atoms with van der Waals surface area (Å²) in [5.74, 6) is -2.49. The van der Waals surface area contributed by atoms with Crippen molar-refractivity contribution in [1.29, 1.82) is 0 Å². The zero-order chi connectivity index (χ0) is 13.3. The van der Waals surface area contributed by atoms with Gasteiger partial charge in [-0.05, 0) is 25.2 Å².